The number of hydrogen-bond acceptors (Lipinski definition) is 5. The summed E-state index contributed by atoms with van der Waals surface area (Å²) in [5, 5.41) is 13.1. The van der Waals surface area contributed by atoms with Crippen LogP contribution >= 0.6 is 0 Å². The Balaban J connectivity index is 2.54. The minimum absolute atomic E-state index is 0.386. The van der Waals surface area contributed by atoms with E-state index in [1.165, 1.54) is 0 Å². The van der Waals surface area contributed by atoms with Gasteiger partial charge in [-0.2, -0.15) is 0 Å². The number of nitrogen functional groups attached to an aromatic ring is 1. The fraction of sp³-hybridized carbons (Fsp3) is 0.583. The highest BCUT2D eigenvalue weighted by atomic mass is 16.5. The Labute approximate surface area is 102 Å². The van der Waals surface area contributed by atoms with Crippen LogP contribution < -0.4 is 11.1 Å². The number of nitrogens with one attached hydrogen (secondary N) is 1. The van der Waals surface area contributed by atoms with E-state index in [0.717, 1.165) is 5.56 Å². The average molecular weight is 239 g/mol. The van der Waals surface area contributed by atoms with Crippen molar-refractivity contribution in [2.75, 3.05) is 31.3 Å². The van der Waals surface area contributed by atoms with E-state index in [1.54, 1.807) is 20.2 Å². The lowest BCUT2D eigenvalue weighted by Gasteiger charge is -2.23. The molecule has 0 spiro atoms. The lowest BCUT2D eigenvalue weighted by Crippen LogP contribution is -2.35. The largest absolute Gasteiger partial charge is 0.396 e. The van der Waals surface area contributed by atoms with Gasteiger partial charge in [0.05, 0.1) is 11.3 Å². The number of aryl methyl sites for hydroxylation is 1. The molecule has 1 aromatic rings. The van der Waals surface area contributed by atoms with Gasteiger partial charge >= 0.3 is 0 Å². The van der Waals surface area contributed by atoms with E-state index in [2.05, 4.69) is 10.3 Å². The Kier molecular flexibility index (Phi) is 4.72. The van der Waals surface area contributed by atoms with Gasteiger partial charge in [-0.15, -0.1) is 0 Å². The van der Waals surface area contributed by atoms with Crippen LogP contribution in [0.25, 0.3) is 0 Å². The molecule has 0 aliphatic heterocycles. The molecular weight excluding hydrogens is 218 g/mol. The number of aromatic nitrogens is 1. The summed E-state index contributed by atoms with van der Waals surface area (Å²) in [5.41, 5.74) is 6.58. The summed E-state index contributed by atoms with van der Waals surface area (Å²) >= 11 is 0. The predicted molar refractivity (Wildman–Crippen MR) is 69.0 cm³/mol. The van der Waals surface area contributed by atoms with Crippen molar-refractivity contribution in [2.45, 2.75) is 25.9 Å². The summed E-state index contributed by atoms with van der Waals surface area (Å²) in [4.78, 5) is 4.18. The molecule has 17 heavy (non-hydrogen) atoms. The van der Waals surface area contributed by atoms with Crippen molar-refractivity contribution in [1.29, 1.82) is 0 Å². The number of hydrogen-bond donors (Lipinski definition) is 3. The SMILES string of the molecule is COCCC(C)(O)CNc1ncc(C)cc1N. The third-order valence-electron chi connectivity index (χ3n) is 2.54. The molecule has 1 unspecified atom stereocenters. The minimum atomic E-state index is -0.838. The maximum absolute atomic E-state index is 10.0. The maximum Gasteiger partial charge on any atom is 0.149 e. The van der Waals surface area contributed by atoms with E-state index in [4.69, 9.17) is 10.5 Å². The first-order chi connectivity index (χ1) is 7.94. The number of rotatable bonds is 6. The zero-order valence-electron chi connectivity index (χ0n) is 10.7. The minimum Gasteiger partial charge on any atom is -0.396 e. The third-order valence-corrected chi connectivity index (χ3v) is 2.54. The Morgan fingerprint density at radius 2 is 2.29 bits per heavy atom. The molecule has 0 amide bonds. The Hall–Kier alpha value is -1.33. The Morgan fingerprint density at radius 1 is 1.59 bits per heavy atom. The summed E-state index contributed by atoms with van der Waals surface area (Å²) < 4.78 is 4.94. The van der Waals surface area contributed by atoms with Crippen molar-refractivity contribution < 1.29 is 9.84 Å². The van der Waals surface area contributed by atoms with Gasteiger partial charge in [-0.1, -0.05) is 0 Å². The molecule has 5 nitrogen and oxygen atoms in total. The normalized spacial score (nSPS) is 14.4. The van der Waals surface area contributed by atoms with Crippen molar-refractivity contribution in [3.8, 4) is 0 Å². The van der Waals surface area contributed by atoms with E-state index in [1.807, 2.05) is 13.0 Å². The Bertz CT molecular complexity index is 367. The second kappa shape index (κ2) is 5.84. The molecular formula is C12H21N3O2. The molecule has 0 radical (unpaired) electrons. The van der Waals surface area contributed by atoms with Crippen molar-refractivity contribution >= 4 is 11.5 Å². The molecule has 0 aliphatic carbocycles. The number of ether oxygens (including phenoxy) is 1. The molecule has 1 aromatic heterocycles. The molecule has 0 aromatic carbocycles. The lowest BCUT2D eigenvalue weighted by atomic mass is 10.0. The molecule has 0 saturated carbocycles. The molecule has 1 atom stereocenters. The van der Waals surface area contributed by atoms with Crippen LogP contribution in [0.3, 0.4) is 0 Å². The standard InChI is InChI=1S/C12H21N3O2/c1-9-6-10(13)11(14-7-9)15-8-12(2,16)4-5-17-3/h6-7,16H,4-5,8,13H2,1-3H3,(H,14,15). The number of nitrogens with two attached hydrogens (primary N) is 1. The first-order valence-corrected chi connectivity index (χ1v) is 5.62. The van der Waals surface area contributed by atoms with E-state index in [0.29, 0.717) is 31.1 Å². The Morgan fingerprint density at radius 3 is 2.88 bits per heavy atom. The summed E-state index contributed by atoms with van der Waals surface area (Å²) in [6.45, 7) is 4.59. The van der Waals surface area contributed by atoms with Crippen LogP contribution in [-0.4, -0.2) is 36.0 Å². The van der Waals surface area contributed by atoms with E-state index in [-0.39, 0.29) is 0 Å². The van der Waals surface area contributed by atoms with Crippen LogP contribution in [0.2, 0.25) is 0 Å². The number of methoxy groups -OCH3 is 1. The fourth-order valence-electron chi connectivity index (χ4n) is 1.42. The number of anilines is 2. The molecule has 0 bridgehead atoms. The van der Waals surface area contributed by atoms with Crippen LogP contribution in [0, 0.1) is 6.92 Å². The first-order valence-electron chi connectivity index (χ1n) is 5.62. The zero-order chi connectivity index (χ0) is 12.9. The number of aliphatic hydroxyl groups is 1. The highest BCUT2D eigenvalue weighted by molar-refractivity contribution is 5.61. The molecule has 1 rings (SSSR count). The van der Waals surface area contributed by atoms with Crippen molar-refractivity contribution in [3.05, 3.63) is 17.8 Å². The van der Waals surface area contributed by atoms with Crippen LogP contribution in [0.4, 0.5) is 11.5 Å². The van der Waals surface area contributed by atoms with Gasteiger partial charge in [0.1, 0.15) is 5.82 Å². The number of nitrogens with zero attached hydrogens (tertiary/aromatic N) is 1. The maximum atomic E-state index is 10.0. The fourth-order valence-corrected chi connectivity index (χ4v) is 1.42. The summed E-state index contributed by atoms with van der Waals surface area (Å²) in [7, 11) is 1.61. The lowest BCUT2D eigenvalue weighted by molar-refractivity contribution is 0.0357. The topological polar surface area (TPSA) is 80.4 Å². The second-order valence-corrected chi connectivity index (χ2v) is 4.54. The highest BCUT2D eigenvalue weighted by Gasteiger charge is 2.20. The monoisotopic (exact) mass is 239 g/mol. The summed E-state index contributed by atoms with van der Waals surface area (Å²) in [6, 6.07) is 1.85. The van der Waals surface area contributed by atoms with Gasteiger partial charge in [0, 0.05) is 32.9 Å². The molecule has 5 heteroatoms. The third kappa shape index (κ3) is 4.58. The van der Waals surface area contributed by atoms with Crippen molar-refractivity contribution in [1.82, 2.24) is 4.98 Å². The predicted octanol–water partition coefficient (Wildman–Crippen LogP) is 1.17. The van der Waals surface area contributed by atoms with E-state index in [9.17, 15) is 5.11 Å². The smallest absolute Gasteiger partial charge is 0.149 e. The van der Waals surface area contributed by atoms with Gasteiger partial charge in [-0.25, -0.2) is 4.98 Å². The van der Waals surface area contributed by atoms with Gasteiger partial charge in [-0.05, 0) is 25.5 Å². The summed E-state index contributed by atoms with van der Waals surface area (Å²) in [6.07, 6.45) is 2.30. The van der Waals surface area contributed by atoms with Gasteiger partial charge in [0.15, 0.2) is 0 Å². The molecule has 0 fully saturated rings. The molecule has 0 aliphatic rings. The summed E-state index contributed by atoms with van der Waals surface area (Å²) in [5.74, 6) is 0.605. The molecule has 96 valence electrons. The van der Waals surface area contributed by atoms with Gasteiger partial charge < -0.3 is 20.9 Å². The highest BCUT2D eigenvalue weighted by Crippen LogP contribution is 2.18. The van der Waals surface area contributed by atoms with Crippen LogP contribution in [0.5, 0.6) is 0 Å². The first kappa shape index (κ1) is 13.7. The van der Waals surface area contributed by atoms with Gasteiger partial charge in [-0.3, -0.25) is 0 Å². The van der Waals surface area contributed by atoms with E-state index < -0.39 is 5.60 Å². The zero-order valence-corrected chi connectivity index (χ0v) is 10.7. The molecule has 0 saturated heterocycles. The van der Waals surface area contributed by atoms with Crippen molar-refractivity contribution in [2.24, 2.45) is 0 Å². The van der Waals surface area contributed by atoms with Gasteiger partial charge in [0.25, 0.3) is 0 Å². The molecule has 1 heterocycles. The molecule has 4 N–H and O–H groups in total. The second-order valence-electron chi connectivity index (χ2n) is 4.54. The van der Waals surface area contributed by atoms with Gasteiger partial charge in [0.2, 0.25) is 0 Å². The quantitative estimate of drug-likeness (QED) is 0.694. The van der Waals surface area contributed by atoms with Crippen LogP contribution in [0.15, 0.2) is 12.3 Å². The van der Waals surface area contributed by atoms with E-state index >= 15 is 0 Å². The number of pyridine rings is 1. The van der Waals surface area contributed by atoms with Crippen molar-refractivity contribution in [3.63, 3.8) is 0 Å². The van der Waals surface area contributed by atoms with Crippen LogP contribution in [0.1, 0.15) is 18.9 Å². The van der Waals surface area contributed by atoms with Crippen LogP contribution in [-0.2, 0) is 4.74 Å². The average Bonchev–Trinajstić information content (AvgIpc) is 2.25.